The molecule has 0 atom stereocenters. The molecule has 5 heterocycles. The van der Waals surface area contributed by atoms with Crippen molar-refractivity contribution in [2.24, 2.45) is 33.0 Å². The molecule has 0 fully saturated rings. The van der Waals surface area contributed by atoms with Gasteiger partial charge in [-0.3, -0.25) is 9.97 Å². The molecule has 0 radical (unpaired) electrons. The Morgan fingerprint density at radius 2 is 0.528 bits per heavy atom. The lowest BCUT2D eigenvalue weighted by Gasteiger charge is -2.18. The predicted molar refractivity (Wildman–Crippen MR) is 399 cm³/mol. The lowest BCUT2D eigenvalue weighted by atomic mass is 9.87. The van der Waals surface area contributed by atoms with Crippen LogP contribution in [0.5, 0.6) is 0 Å². The highest BCUT2D eigenvalue weighted by molar-refractivity contribution is 5.22. The topological polar surface area (TPSA) is 103 Å². The van der Waals surface area contributed by atoms with E-state index in [4.69, 9.17) is 0 Å². The minimum Gasteiger partial charge on any atom is -0.265 e. The van der Waals surface area contributed by atoms with Crippen LogP contribution in [0.15, 0.2) is 135 Å². The Kier molecular flexibility index (Phi) is 47.2. The molecule has 0 bridgehead atoms. The maximum Gasteiger partial charge on any atom is 0.115 e. The molecule has 8 nitrogen and oxygen atoms in total. The number of hydrogen-bond donors (Lipinski definition) is 0. The van der Waals surface area contributed by atoms with E-state index in [1.165, 1.54) is 27.8 Å². The van der Waals surface area contributed by atoms with E-state index in [0.717, 1.165) is 11.6 Å². The van der Waals surface area contributed by atoms with E-state index in [-0.39, 0.29) is 27.1 Å². The molecule has 89 heavy (non-hydrogen) atoms. The highest BCUT2D eigenvalue weighted by Gasteiger charge is 2.16. The Morgan fingerprint density at radius 3 is 0.730 bits per heavy atom. The highest BCUT2D eigenvalue weighted by Crippen LogP contribution is 2.24. The molecule has 510 valence electrons. The first-order chi connectivity index (χ1) is 39.4. The first kappa shape index (κ1) is 94.9. The molecule has 0 saturated heterocycles. The van der Waals surface area contributed by atoms with Crippen LogP contribution >= 0.6 is 0 Å². The number of hydrogen-bond acceptors (Lipinski definition) is 8. The summed E-state index contributed by atoms with van der Waals surface area (Å²) < 4.78 is 0. The van der Waals surface area contributed by atoms with Crippen molar-refractivity contribution in [2.45, 2.75) is 316 Å². The molecule has 6 rings (SSSR count). The summed E-state index contributed by atoms with van der Waals surface area (Å²) in [4.78, 5) is 15.9. The molecule has 0 aliphatic rings. The number of pyridine rings is 2. The summed E-state index contributed by atoms with van der Waals surface area (Å²) in [5.74, 6) is 0.833. The van der Waals surface area contributed by atoms with Gasteiger partial charge in [0.05, 0.1) is 11.9 Å². The van der Waals surface area contributed by atoms with Crippen LogP contribution in [0.4, 0.5) is 0 Å². The van der Waals surface area contributed by atoms with Crippen LogP contribution < -0.4 is 0 Å². The molecule has 0 N–H and O–H groups in total. The van der Waals surface area contributed by atoms with Crippen molar-refractivity contribution in [3.05, 3.63) is 168 Å². The normalized spacial score (nSPS) is 11.5. The van der Waals surface area contributed by atoms with Crippen molar-refractivity contribution in [2.75, 3.05) is 0 Å². The lowest BCUT2D eigenvalue weighted by Crippen LogP contribution is -2.13. The Labute approximate surface area is 555 Å². The van der Waals surface area contributed by atoms with E-state index in [0.29, 0.717) is 32.5 Å². The summed E-state index contributed by atoms with van der Waals surface area (Å²) in [6.45, 7) is 89.3. The van der Waals surface area contributed by atoms with Crippen LogP contribution in [0.25, 0.3) is 0 Å². The van der Waals surface area contributed by atoms with E-state index in [1.807, 2.05) is 55.2 Å². The molecule has 5 aromatic heterocycles. The van der Waals surface area contributed by atoms with E-state index in [9.17, 15) is 0 Å². The second kappa shape index (κ2) is 44.3. The van der Waals surface area contributed by atoms with Gasteiger partial charge in [0.1, 0.15) is 6.33 Å². The summed E-state index contributed by atoms with van der Waals surface area (Å²) in [6, 6.07) is 24.6. The maximum atomic E-state index is 4.05. The second-order valence-electron chi connectivity index (χ2n) is 37.4. The van der Waals surface area contributed by atoms with Gasteiger partial charge in [0.2, 0.25) is 0 Å². The maximum absolute atomic E-state index is 4.05. The van der Waals surface area contributed by atoms with Gasteiger partial charge in [0, 0.05) is 55.0 Å². The minimum atomic E-state index is 0.119. The van der Waals surface area contributed by atoms with E-state index < -0.39 is 0 Å². The minimum absolute atomic E-state index is 0.119. The van der Waals surface area contributed by atoms with Gasteiger partial charge in [-0.2, -0.15) is 20.4 Å². The van der Waals surface area contributed by atoms with Crippen LogP contribution in [0.1, 0.15) is 317 Å². The predicted octanol–water partition coefficient (Wildman–Crippen LogP) is 25.0. The van der Waals surface area contributed by atoms with Gasteiger partial charge in [-0.05, 0) is 124 Å². The van der Waals surface area contributed by atoms with Crippen LogP contribution in [0, 0.1) is 33.0 Å². The Hall–Kier alpha value is -5.24. The summed E-state index contributed by atoms with van der Waals surface area (Å²) in [6.07, 6.45) is 17.9. The van der Waals surface area contributed by atoms with Crippen molar-refractivity contribution in [1.29, 1.82) is 0 Å². The zero-order valence-corrected chi connectivity index (χ0v) is 66.4. The van der Waals surface area contributed by atoms with Gasteiger partial charge in [0.15, 0.2) is 0 Å². The average Bonchev–Trinajstić information content (AvgIpc) is 3.33. The molecule has 8 heteroatoms. The molecular formula is C81H146N8. The molecule has 0 aliphatic heterocycles. The standard InChI is InChI=1S/C10H14.2C9H13N.3C8H12N2.5C5H12.C4H10/c1-10(2,3)9-7-5-4-6-8-9;1-9(2,3)8-4-6-10-7-5-8;1-9(2,3)8-5-4-6-10-7-8;1-8(2,3)7-4-9-6-10-5-7;1-8(2,3)7-4-5-9-10-6-7;1-8(2,3)7-5-4-6-9-10-7;5*1-5(2,3)4;1-4(2)3/h4-8H,1-3H3;2*4-7H,1-3H3;3*4-6H,1-3H3;5*1-4H3;4H,1-3H3. The molecule has 0 amide bonds. The molecule has 0 aliphatic carbocycles. The summed E-state index contributed by atoms with van der Waals surface area (Å²) in [5.41, 5.74) is 11.2. The number of aromatic nitrogens is 8. The van der Waals surface area contributed by atoms with Crippen molar-refractivity contribution in [1.82, 2.24) is 40.3 Å². The summed E-state index contributed by atoms with van der Waals surface area (Å²) in [5, 5.41) is 15.3. The summed E-state index contributed by atoms with van der Waals surface area (Å²) in [7, 11) is 0. The fourth-order valence-corrected chi connectivity index (χ4v) is 4.72. The van der Waals surface area contributed by atoms with Gasteiger partial charge in [-0.15, -0.1) is 0 Å². The van der Waals surface area contributed by atoms with Crippen LogP contribution in [-0.2, 0) is 32.5 Å². The molecular weight excluding hydrogens is 1080 g/mol. The zero-order valence-electron chi connectivity index (χ0n) is 66.4. The van der Waals surface area contributed by atoms with Gasteiger partial charge in [0.25, 0.3) is 0 Å². The van der Waals surface area contributed by atoms with Crippen LogP contribution in [-0.4, -0.2) is 40.3 Å². The van der Waals surface area contributed by atoms with Crippen molar-refractivity contribution >= 4 is 0 Å². The number of rotatable bonds is 0. The second-order valence-corrected chi connectivity index (χ2v) is 37.4. The third kappa shape index (κ3) is 87.0. The quantitative estimate of drug-likeness (QED) is 0.148. The van der Waals surface area contributed by atoms with Gasteiger partial charge >= 0.3 is 0 Å². The van der Waals surface area contributed by atoms with Crippen molar-refractivity contribution < 1.29 is 0 Å². The Bertz CT molecular complexity index is 2000. The van der Waals surface area contributed by atoms with E-state index >= 15 is 0 Å². The van der Waals surface area contributed by atoms with E-state index in [2.05, 4.69) is 373 Å². The SMILES string of the molecule is CC(C)(C)C.CC(C)(C)C.CC(C)(C)C.CC(C)(C)C.CC(C)(C)C.CC(C)(C)c1ccccc1.CC(C)(C)c1cccnc1.CC(C)(C)c1cccnn1.CC(C)(C)c1ccncc1.CC(C)(C)c1ccnnc1.CC(C)(C)c1cncnc1.CC(C)C. The number of nitrogens with zero attached hydrogens (tertiary/aromatic N) is 8. The Balaban J connectivity index is -0.000000214. The van der Waals surface area contributed by atoms with Gasteiger partial charge in [-0.1, -0.05) is 320 Å². The first-order valence-electron chi connectivity index (χ1n) is 32.5. The third-order valence-electron chi connectivity index (χ3n) is 8.93. The first-order valence-corrected chi connectivity index (χ1v) is 32.5. The van der Waals surface area contributed by atoms with Gasteiger partial charge < -0.3 is 0 Å². The largest absolute Gasteiger partial charge is 0.265 e. The zero-order chi connectivity index (χ0) is 71.8. The van der Waals surface area contributed by atoms with Crippen LogP contribution in [0.2, 0.25) is 0 Å². The smallest absolute Gasteiger partial charge is 0.115 e. The van der Waals surface area contributed by atoms with Crippen molar-refractivity contribution in [3.8, 4) is 0 Å². The van der Waals surface area contributed by atoms with E-state index in [1.54, 1.807) is 31.1 Å². The lowest BCUT2D eigenvalue weighted by molar-refractivity contribution is 0.469. The third-order valence-corrected chi connectivity index (χ3v) is 8.93. The molecule has 1 aromatic carbocycles. The fourth-order valence-electron chi connectivity index (χ4n) is 4.72. The molecule has 0 unspecified atom stereocenters. The Morgan fingerprint density at radius 1 is 0.236 bits per heavy atom. The average molecular weight is 1230 g/mol. The van der Waals surface area contributed by atoms with Crippen LogP contribution in [0.3, 0.4) is 0 Å². The highest BCUT2D eigenvalue weighted by atomic mass is 15.1. The summed E-state index contributed by atoms with van der Waals surface area (Å²) >= 11 is 0. The molecule has 0 spiro atoms. The van der Waals surface area contributed by atoms with Gasteiger partial charge in [-0.25, -0.2) is 9.97 Å². The number of benzene rings is 1. The molecule has 6 aromatic rings. The molecule has 0 saturated carbocycles. The van der Waals surface area contributed by atoms with Crippen molar-refractivity contribution in [3.63, 3.8) is 0 Å². The fraction of sp³-hybridized carbons (Fsp3) is 0.654. The monoisotopic (exact) mass is 1230 g/mol.